The summed E-state index contributed by atoms with van der Waals surface area (Å²) in [7, 11) is 0. The highest BCUT2D eigenvalue weighted by Gasteiger charge is 2.48. The monoisotopic (exact) mass is 483 g/mol. The number of nitrogens with two attached hydrogens (primary N) is 1. The van der Waals surface area contributed by atoms with Crippen LogP contribution in [0, 0.1) is 29.6 Å². The van der Waals surface area contributed by atoms with Crippen LogP contribution in [0.15, 0.2) is 6.20 Å². The Morgan fingerprint density at radius 3 is 2.34 bits per heavy atom. The SMILES string of the molecule is NC1CCN(CCn2ncc(C(=O)NC3C4CC5CC(C4)CC3C5)c2OCC2CCCCC2)CC1. The van der Waals surface area contributed by atoms with Crippen molar-refractivity contribution in [1.82, 2.24) is 20.0 Å². The van der Waals surface area contributed by atoms with Crippen molar-refractivity contribution in [2.24, 2.45) is 35.3 Å². The van der Waals surface area contributed by atoms with E-state index in [4.69, 9.17) is 10.5 Å². The number of aromatic nitrogens is 2. The van der Waals surface area contributed by atoms with Gasteiger partial charge in [0.05, 0.1) is 19.3 Å². The number of piperidine rings is 1. The number of carbonyl (C=O) groups excluding carboxylic acids is 1. The lowest BCUT2D eigenvalue weighted by atomic mass is 9.54. The molecule has 6 fully saturated rings. The molecule has 0 unspecified atom stereocenters. The predicted molar refractivity (Wildman–Crippen MR) is 136 cm³/mol. The molecule has 0 spiro atoms. The number of rotatable bonds is 8. The van der Waals surface area contributed by atoms with Gasteiger partial charge in [0.25, 0.3) is 5.91 Å². The molecule has 0 atom stereocenters. The summed E-state index contributed by atoms with van der Waals surface area (Å²) in [6.45, 7) is 4.45. The second kappa shape index (κ2) is 10.4. The standard InChI is InChI=1S/C28H45N5O2/c29-24-6-8-32(9-7-24)10-11-33-28(35-18-19-4-2-1-3-5-19)25(17-30-33)27(34)31-26-22-13-20-12-21(15-22)16-23(26)14-20/h17,19-24,26H,1-16,18,29H2,(H,31,34). The molecule has 1 aromatic rings. The van der Waals surface area contributed by atoms with Crippen LogP contribution in [-0.2, 0) is 6.54 Å². The summed E-state index contributed by atoms with van der Waals surface area (Å²) in [6, 6.07) is 0.674. The third kappa shape index (κ3) is 5.27. The van der Waals surface area contributed by atoms with Gasteiger partial charge in [-0.25, -0.2) is 4.68 Å². The molecule has 5 saturated carbocycles. The molecule has 0 radical (unpaired) electrons. The van der Waals surface area contributed by atoms with Gasteiger partial charge in [-0.15, -0.1) is 0 Å². The third-order valence-electron chi connectivity index (χ3n) is 10.0. The van der Waals surface area contributed by atoms with Crippen LogP contribution in [0.25, 0.3) is 0 Å². The number of nitrogens with zero attached hydrogens (tertiary/aromatic N) is 3. The van der Waals surface area contributed by atoms with Gasteiger partial charge in [-0.3, -0.25) is 4.79 Å². The van der Waals surface area contributed by atoms with Gasteiger partial charge in [-0.2, -0.15) is 5.10 Å². The van der Waals surface area contributed by atoms with Crippen LogP contribution < -0.4 is 15.8 Å². The maximum atomic E-state index is 13.6. The van der Waals surface area contributed by atoms with Gasteiger partial charge in [-0.05, 0) is 100 Å². The van der Waals surface area contributed by atoms with Crippen molar-refractivity contribution >= 4 is 5.91 Å². The zero-order chi connectivity index (χ0) is 23.8. The molecule has 1 amide bonds. The van der Waals surface area contributed by atoms with E-state index in [1.165, 1.54) is 64.2 Å². The molecular weight excluding hydrogens is 438 g/mol. The summed E-state index contributed by atoms with van der Waals surface area (Å²) in [4.78, 5) is 16.1. The van der Waals surface area contributed by atoms with E-state index in [0.29, 0.717) is 47.9 Å². The third-order valence-corrected chi connectivity index (χ3v) is 10.0. The van der Waals surface area contributed by atoms with E-state index in [1.807, 2.05) is 4.68 Å². The Morgan fingerprint density at radius 2 is 1.66 bits per heavy atom. The van der Waals surface area contributed by atoms with Gasteiger partial charge in [0.15, 0.2) is 0 Å². The summed E-state index contributed by atoms with van der Waals surface area (Å²) in [5, 5.41) is 8.15. The fourth-order valence-electron chi connectivity index (χ4n) is 8.19. The smallest absolute Gasteiger partial charge is 0.258 e. The molecule has 6 aliphatic rings. The summed E-state index contributed by atoms with van der Waals surface area (Å²) < 4.78 is 8.38. The van der Waals surface area contributed by atoms with Crippen molar-refractivity contribution in [2.45, 2.75) is 95.7 Å². The zero-order valence-corrected chi connectivity index (χ0v) is 21.4. The topological polar surface area (TPSA) is 85.4 Å². The number of nitrogens with one attached hydrogen (secondary N) is 1. The zero-order valence-electron chi connectivity index (χ0n) is 21.4. The maximum absolute atomic E-state index is 13.6. The first-order chi connectivity index (χ1) is 17.1. The molecule has 7 nitrogen and oxygen atoms in total. The molecular formula is C28H45N5O2. The minimum atomic E-state index is 0.0244. The molecule has 7 heteroatoms. The van der Waals surface area contributed by atoms with Crippen molar-refractivity contribution in [3.63, 3.8) is 0 Å². The molecule has 2 heterocycles. The highest BCUT2D eigenvalue weighted by molar-refractivity contribution is 5.96. The average molecular weight is 484 g/mol. The van der Waals surface area contributed by atoms with Gasteiger partial charge >= 0.3 is 0 Å². The first-order valence-electron chi connectivity index (χ1n) is 14.6. The Bertz CT molecular complexity index is 843. The molecule has 7 rings (SSSR count). The maximum Gasteiger partial charge on any atom is 0.258 e. The van der Waals surface area contributed by atoms with Crippen molar-refractivity contribution in [3.05, 3.63) is 11.8 Å². The summed E-state index contributed by atoms with van der Waals surface area (Å²) in [5.74, 6) is 4.46. The summed E-state index contributed by atoms with van der Waals surface area (Å²) in [5.41, 5.74) is 6.72. The van der Waals surface area contributed by atoms with E-state index < -0.39 is 0 Å². The van der Waals surface area contributed by atoms with Crippen LogP contribution in [0.1, 0.15) is 87.4 Å². The number of hydrogen-bond donors (Lipinski definition) is 2. The van der Waals surface area contributed by atoms with Crippen LogP contribution in [0.2, 0.25) is 0 Å². The normalized spacial score (nSPS) is 33.8. The number of hydrogen-bond acceptors (Lipinski definition) is 5. The van der Waals surface area contributed by atoms with Crippen LogP contribution >= 0.6 is 0 Å². The molecule has 1 aliphatic heterocycles. The summed E-state index contributed by atoms with van der Waals surface area (Å²) >= 11 is 0. The molecule has 1 saturated heterocycles. The molecule has 4 bridgehead atoms. The number of ether oxygens (including phenoxy) is 1. The lowest BCUT2D eigenvalue weighted by Gasteiger charge is -2.54. The molecule has 3 N–H and O–H groups in total. The largest absolute Gasteiger partial charge is 0.477 e. The number of carbonyl (C=O) groups is 1. The minimum absolute atomic E-state index is 0.0244. The Labute approximate surface area is 210 Å². The Kier molecular flexibility index (Phi) is 7.07. The van der Waals surface area contributed by atoms with E-state index in [2.05, 4.69) is 15.3 Å². The van der Waals surface area contributed by atoms with Crippen LogP contribution in [-0.4, -0.2) is 58.9 Å². The van der Waals surface area contributed by atoms with Crippen molar-refractivity contribution in [3.8, 4) is 5.88 Å². The molecule has 194 valence electrons. The van der Waals surface area contributed by atoms with E-state index in [-0.39, 0.29) is 5.91 Å². The summed E-state index contributed by atoms with van der Waals surface area (Å²) in [6.07, 6.45) is 16.9. The fraction of sp³-hybridized carbons (Fsp3) is 0.857. The van der Waals surface area contributed by atoms with Crippen molar-refractivity contribution in [1.29, 1.82) is 0 Å². The minimum Gasteiger partial charge on any atom is -0.477 e. The van der Waals surface area contributed by atoms with Crippen LogP contribution in [0.4, 0.5) is 0 Å². The quantitative estimate of drug-likeness (QED) is 0.587. The molecule has 35 heavy (non-hydrogen) atoms. The molecule has 5 aliphatic carbocycles. The Balaban J connectivity index is 1.14. The van der Waals surface area contributed by atoms with Gasteiger partial charge in [-0.1, -0.05) is 19.3 Å². The second-order valence-electron chi connectivity index (χ2n) is 12.5. The number of likely N-dealkylation sites (tertiary alicyclic amines) is 1. The van der Waals surface area contributed by atoms with E-state index in [1.54, 1.807) is 6.20 Å². The van der Waals surface area contributed by atoms with Crippen LogP contribution in [0.3, 0.4) is 0 Å². The Morgan fingerprint density at radius 1 is 0.971 bits per heavy atom. The van der Waals surface area contributed by atoms with Crippen molar-refractivity contribution in [2.75, 3.05) is 26.2 Å². The van der Waals surface area contributed by atoms with E-state index in [0.717, 1.165) is 50.9 Å². The molecule has 0 aromatic carbocycles. The van der Waals surface area contributed by atoms with Crippen molar-refractivity contribution < 1.29 is 9.53 Å². The second-order valence-corrected chi connectivity index (χ2v) is 12.5. The Hall–Kier alpha value is -1.60. The predicted octanol–water partition coefficient (Wildman–Crippen LogP) is 3.82. The van der Waals surface area contributed by atoms with Gasteiger partial charge in [0, 0.05) is 18.6 Å². The van der Waals surface area contributed by atoms with Gasteiger partial charge in [0.2, 0.25) is 5.88 Å². The highest BCUT2D eigenvalue weighted by atomic mass is 16.5. The lowest BCUT2D eigenvalue weighted by Crippen LogP contribution is -2.55. The fourth-order valence-corrected chi connectivity index (χ4v) is 8.19. The van der Waals surface area contributed by atoms with E-state index >= 15 is 0 Å². The van der Waals surface area contributed by atoms with Crippen LogP contribution in [0.5, 0.6) is 5.88 Å². The van der Waals surface area contributed by atoms with Gasteiger partial charge < -0.3 is 20.7 Å². The highest BCUT2D eigenvalue weighted by Crippen LogP contribution is 2.53. The average Bonchev–Trinajstić information content (AvgIpc) is 3.27. The molecule has 1 aromatic heterocycles. The first kappa shape index (κ1) is 23.8. The van der Waals surface area contributed by atoms with Gasteiger partial charge in [0.1, 0.15) is 5.56 Å². The lowest BCUT2D eigenvalue weighted by molar-refractivity contribution is -0.0120. The number of amides is 1. The first-order valence-corrected chi connectivity index (χ1v) is 14.6. The van der Waals surface area contributed by atoms with E-state index in [9.17, 15) is 4.79 Å².